The Bertz CT molecular complexity index is 993. The number of H-pyrrole nitrogens is 1. The summed E-state index contributed by atoms with van der Waals surface area (Å²) < 4.78 is 5.44. The second-order valence-corrected chi connectivity index (χ2v) is 6.70. The fraction of sp³-hybridized carbons (Fsp3) is 0.316. The number of fused-ring (bicyclic) bond motifs is 1. The highest BCUT2D eigenvalue weighted by Gasteiger charge is 2.23. The van der Waals surface area contributed by atoms with E-state index in [9.17, 15) is 0 Å². The first-order valence-electron chi connectivity index (χ1n) is 9.13. The zero-order chi connectivity index (χ0) is 18.2. The van der Waals surface area contributed by atoms with Crippen molar-refractivity contribution in [3.8, 4) is 0 Å². The largest absolute Gasteiger partial charge is 0.378 e. The fourth-order valence-corrected chi connectivity index (χ4v) is 3.54. The zero-order valence-electron chi connectivity index (χ0n) is 15.1. The monoisotopic (exact) mass is 363 g/mol. The molecule has 8 heteroatoms. The Morgan fingerprint density at radius 3 is 2.81 bits per heavy atom. The Kier molecular flexibility index (Phi) is 3.99. The van der Waals surface area contributed by atoms with Crippen molar-refractivity contribution in [2.75, 3.05) is 36.2 Å². The lowest BCUT2D eigenvalue weighted by molar-refractivity contribution is 0.122. The molecule has 0 spiro atoms. The minimum Gasteiger partial charge on any atom is -0.378 e. The summed E-state index contributed by atoms with van der Waals surface area (Å²) in [6.45, 7) is 5.08. The number of aromatic nitrogens is 4. The summed E-state index contributed by atoms with van der Waals surface area (Å²) in [6.07, 6.45) is 4.11. The van der Waals surface area contributed by atoms with Crippen LogP contribution in [-0.4, -0.2) is 46.5 Å². The second kappa shape index (κ2) is 6.64. The molecule has 2 aliphatic heterocycles. The highest BCUT2D eigenvalue weighted by molar-refractivity contribution is 5.82. The molecule has 3 aromatic rings. The van der Waals surface area contributed by atoms with Gasteiger partial charge in [0.15, 0.2) is 5.82 Å². The lowest BCUT2D eigenvalue weighted by Gasteiger charge is -2.29. The van der Waals surface area contributed by atoms with E-state index in [0.717, 1.165) is 60.4 Å². The number of para-hydroxylation sites is 1. The summed E-state index contributed by atoms with van der Waals surface area (Å²) >= 11 is 0. The van der Waals surface area contributed by atoms with Crippen molar-refractivity contribution >= 4 is 22.5 Å². The van der Waals surface area contributed by atoms with Crippen LogP contribution in [0.2, 0.25) is 0 Å². The van der Waals surface area contributed by atoms with Crippen LogP contribution in [-0.2, 0) is 4.74 Å². The average molecular weight is 363 g/mol. The first kappa shape index (κ1) is 16.2. The number of hydrazine groups is 1. The van der Waals surface area contributed by atoms with Crippen LogP contribution < -0.4 is 15.3 Å². The van der Waals surface area contributed by atoms with Crippen LogP contribution >= 0.6 is 0 Å². The second-order valence-electron chi connectivity index (χ2n) is 6.70. The van der Waals surface area contributed by atoms with Gasteiger partial charge in [0.25, 0.3) is 0 Å². The molecular formula is C19H21N7O. The quantitative estimate of drug-likeness (QED) is 0.737. The van der Waals surface area contributed by atoms with Crippen molar-refractivity contribution in [1.82, 2.24) is 25.6 Å². The van der Waals surface area contributed by atoms with Crippen molar-refractivity contribution in [3.05, 3.63) is 54.1 Å². The van der Waals surface area contributed by atoms with Crippen LogP contribution in [0.15, 0.2) is 42.6 Å². The Hall–Kier alpha value is -2.97. The number of hydrogen-bond donors (Lipinski definition) is 2. The van der Waals surface area contributed by atoms with Gasteiger partial charge in [0.05, 0.1) is 30.5 Å². The molecule has 0 saturated carbocycles. The van der Waals surface area contributed by atoms with Gasteiger partial charge in [-0.1, -0.05) is 18.2 Å². The summed E-state index contributed by atoms with van der Waals surface area (Å²) in [4.78, 5) is 11.4. The van der Waals surface area contributed by atoms with Crippen LogP contribution in [0.1, 0.15) is 17.6 Å². The lowest BCUT2D eigenvalue weighted by atomic mass is 10.1. The maximum absolute atomic E-state index is 5.44. The summed E-state index contributed by atoms with van der Waals surface area (Å²) in [5.74, 6) is 2.51. The Morgan fingerprint density at radius 1 is 1.11 bits per heavy atom. The number of hydrogen-bond acceptors (Lipinski definition) is 7. The third-order valence-corrected chi connectivity index (χ3v) is 4.90. The van der Waals surface area contributed by atoms with E-state index in [1.54, 1.807) is 0 Å². The number of ether oxygens (including phenoxy) is 1. The summed E-state index contributed by atoms with van der Waals surface area (Å²) in [7, 11) is 0. The van der Waals surface area contributed by atoms with E-state index in [0.29, 0.717) is 0 Å². The summed E-state index contributed by atoms with van der Waals surface area (Å²) in [5.41, 5.74) is 5.49. The van der Waals surface area contributed by atoms with Gasteiger partial charge >= 0.3 is 0 Å². The number of morpholine rings is 1. The van der Waals surface area contributed by atoms with Crippen molar-refractivity contribution in [2.24, 2.45) is 0 Å². The number of nitrogens with zero attached hydrogens (tertiary/aromatic N) is 5. The topological polar surface area (TPSA) is 82.2 Å². The summed E-state index contributed by atoms with van der Waals surface area (Å²) in [6, 6.07) is 10.1. The SMILES string of the molecule is Cc1nc(N2CCOCC2)cc(N2C=CC(c3[nH]nc4ccccc34)N2)n1. The molecule has 138 valence electrons. The van der Waals surface area contributed by atoms with Gasteiger partial charge in [0, 0.05) is 30.7 Å². The average Bonchev–Trinajstić information content (AvgIpc) is 3.35. The Balaban J connectivity index is 1.40. The van der Waals surface area contributed by atoms with Gasteiger partial charge in [-0.25, -0.2) is 15.4 Å². The van der Waals surface area contributed by atoms with E-state index >= 15 is 0 Å². The molecular weight excluding hydrogens is 342 g/mol. The van der Waals surface area contributed by atoms with E-state index < -0.39 is 0 Å². The van der Waals surface area contributed by atoms with E-state index in [1.807, 2.05) is 42.4 Å². The van der Waals surface area contributed by atoms with Crippen LogP contribution in [0.3, 0.4) is 0 Å². The predicted octanol–water partition coefficient (Wildman–Crippen LogP) is 2.08. The van der Waals surface area contributed by atoms with Crippen molar-refractivity contribution < 1.29 is 4.74 Å². The zero-order valence-corrected chi connectivity index (χ0v) is 15.1. The molecule has 27 heavy (non-hydrogen) atoms. The normalized spacial score (nSPS) is 20.0. The molecule has 2 aliphatic rings. The van der Waals surface area contributed by atoms with Gasteiger partial charge < -0.3 is 9.64 Å². The van der Waals surface area contributed by atoms with Crippen molar-refractivity contribution in [1.29, 1.82) is 0 Å². The van der Waals surface area contributed by atoms with Gasteiger partial charge in [0.1, 0.15) is 11.6 Å². The molecule has 2 aromatic heterocycles. The van der Waals surface area contributed by atoms with E-state index in [-0.39, 0.29) is 6.04 Å². The molecule has 0 radical (unpaired) electrons. The van der Waals surface area contributed by atoms with E-state index in [1.165, 1.54) is 0 Å². The maximum Gasteiger partial charge on any atom is 0.152 e. The third-order valence-electron chi connectivity index (χ3n) is 4.90. The van der Waals surface area contributed by atoms with Gasteiger partial charge in [-0.05, 0) is 19.1 Å². The lowest BCUT2D eigenvalue weighted by Crippen LogP contribution is -2.37. The molecule has 1 unspecified atom stereocenters. The van der Waals surface area contributed by atoms with Gasteiger partial charge in [-0.15, -0.1) is 0 Å². The third kappa shape index (κ3) is 3.02. The first-order valence-corrected chi connectivity index (χ1v) is 9.13. The standard InChI is InChI=1S/C19H21N7O/c1-13-20-17(25-8-10-27-11-9-25)12-18(21-13)26-7-6-16(24-26)19-14-4-2-3-5-15(14)22-23-19/h2-7,12,16,24H,8-11H2,1H3,(H,22,23). The smallest absolute Gasteiger partial charge is 0.152 e. The maximum atomic E-state index is 5.44. The number of aryl methyl sites for hydroxylation is 1. The molecule has 2 N–H and O–H groups in total. The van der Waals surface area contributed by atoms with Crippen LogP contribution in [0, 0.1) is 6.92 Å². The molecule has 1 atom stereocenters. The van der Waals surface area contributed by atoms with Crippen LogP contribution in [0.5, 0.6) is 0 Å². The van der Waals surface area contributed by atoms with E-state index in [4.69, 9.17) is 4.74 Å². The molecule has 1 fully saturated rings. The fourth-order valence-electron chi connectivity index (χ4n) is 3.54. The number of rotatable bonds is 3. The number of benzene rings is 1. The predicted molar refractivity (Wildman–Crippen MR) is 103 cm³/mol. The number of aromatic amines is 1. The molecule has 1 saturated heterocycles. The van der Waals surface area contributed by atoms with Crippen molar-refractivity contribution in [3.63, 3.8) is 0 Å². The highest BCUT2D eigenvalue weighted by atomic mass is 16.5. The number of anilines is 2. The molecule has 5 rings (SSSR count). The highest BCUT2D eigenvalue weighted by Crippen LogP contribution is 2.28. The molecule has 4 heterocycles. The molecule has 0 bridgehead atoms. The van der Waals surface area contributed by atoms with E-state index in [2.05, 4.69) is 42.6 Å². The molecule has 8 nitrogen and oxygen atoms in total. The first-order chi connectivity index (χ1) is 13.3. The number of nitrogens with one attached hydrogen (secondary N) is 2. The van der Waals surface area contributed by atoms with Crippen molar-refractivity contribution in [2.45, 2.75) is 13.0 Å². The van der Waals surface area contributed by atoms with Gasteiger partial charge in [0.2, 0.25) is 0 Å². The minimum absolute atomic E-state index is 0.0134. The van der Waals surface area contributed by atoms with Gasteiger partial charge in [-0.3, -0.25) is 10.1 Å². The minimum atomic E-state index is 0.0134. The molecule has 1 aromatic carbocycles. The molecule has 0 amide bonds. The van der Waals surface area contributed by atoms with Crippen LogP contribution in [0.4, 0.5) is 11.6 Å². The Morgan fingerprint density at radius 2 is 1.93 bits per heavy atom. The Labute approximate surface area is 156 Å². The summed E-state index contributed by atoms with van der Waals surface area (Å²) in [5, 5.41) is 10.6. The van der Waals surface area contributed by atoms with Crippen LogP contribution in [0.25, 0.3) is 10.9 Å². The molecule has 0 aliphatic carbocycles. The van der Waals surface area contributed by atoms with Gasteiger partial charge in [-0.2, -0.15) is 5.10 Å².